The molecule has 6 heteroatoms. The normalized spacial score (nSPS) is 13.6. The quantitative estimate of drug-likeness (QED) is 0.0308. The lowest BCUT2D eigenvalue weighted by atomic mass is 10.00. The molecule has 4 unspecified atom stereocenters. The van der Waals surface area contributed by atoms with Gasteiger partial charge in [-0.15, -0.1) is 0 Å². The van der Waals surface area contributed by atoms with Crippen LogP contribution in [0.15, 0.2) is 12.2 Å². The van der Waals surface area contributed by atoms with Crippen LogP contribution in [0.25, 0.3) is 0 Å². The molecule has 5 N–H and O–H groups in total. The number of hydrogen-bond donors (Lipinski definition) is 5. The van der Waals surface area contributed by atoms with Crippen molar-refractivity contribution in [2.75, 3.05) is 6.61 Å². The van der Waals surface area contributed by atoms with E-state index in [2.05, 4.69) is 31.3 Å². The van der Waals surface area contributed by atoms with Gasteiger partial charge in [0.25, 0.3) is 0 Å². The number of aliphatic hydroxyl groups excluding tert-OH is 4. The van der Waals surface area contributed by atoms with Gasteiger partial charge in [0, 0.05) is 0 Å². The van der Waals surface area contributed by atoms with Gasteiger partial charge in [-0.1, -0.05) is 334 Å². The summed E-state index contributed by atoms with van der Waals surface area (Å²) in [5, 5.41) is 44.1. The van der Waals surface area contributed by atoms with Crippen molar-refractivity contribution < 1.29 is 25.2 Å². The first kappa shape index (κ1) is 69.0. The standard InChI is InChI=1S/C64H127NO5/c1-3-5-7-9-11-13-15-17-19-21-23-25-27-28-29-30-31-32-33-34-36-37-39-41-43-45-47-49-51-53-55-57-61(67)63(69)60(59-66)65-64(70)62(68)58-56-54-52-50-48-46-44-42-40-38-35-26-24-22-20-18-16-14-12-10-8-6-4-2/h49,51,60-63,66-69H,3-48,50,52-59H2,1-2H3,(H,65,70)/b51-49+. The molecule has 0 radical (unpaired) electrons. The van der Waals surface area contributed by atoms with E-state index in [1.165, 1.54) is 295 Å². The Morgan fingerprint density at radius 2 is 0.586 bits per heavy atom. The van der Waals surface area contributed by atoms with Crippen molar-refractivity contribution in [1.82, 2.24) is 5.32 Å². The highest BCUT2D eigenvalue weighted by molar-refractivity contribution is 5.80. The number of aliphatic hydroxyl groups is 4. The number of hydrogen-bond acceptors (Lipinski definition) is 5. The molecule has 418 valence electrons. The largest absolute Gasteiger partial charge is 0.394 e. The molecule has 0 fully saturated rings. The van der Waals surface area contributed by atoms with Crippen molar-refractivity contribution >= 4 is 5.91 Å². The molecule has 0 saturated heterocycles. The summed E-state index contributed by atoms with van der Waals surface area (Å²) in [6, 6.07) is -1.000. The minimum atomic E-state index is -1.28. The first-order valence-corrected chi connectivity index (χ1v) is 32.1. The summed E-state index contributed by atoms with van der Waals surface area (Å²) in [7, 11) is 0. The summed E-state index contributed by atoms with van der Waals surface area (Å²) in [6.45, 7) is 4.10. The molecule has 0 aliphatic heterocycles. The molecule has 0 heterocycles. The van der Waals surface area contributed by atoms with E-state index in [9.17, 15) is 25.2 Å². The van der Waals surface area contributed by atoms with Crippen LogP contribution >= 0.6 is 0 Å². The van der Waals surface area contributed by atoms with Crippen LogP contribution < -0.4 is 5.32 Å². The van der Waals surface area contributed by atoms with Crippen molar-refractivity contribution in [1.29, 1.82) is 0 Å². The molecule has 0 aliphatic carbocycles. The molecule has 0 aromatic carbocycles. The fourth-order valence-corrected chi connectivity index (χ4v) is 10.5. The van der Waals surface area contributed by atoms with E-state index in [-0.39, 0.29) is 0 Å². The molecule has 0 aromatic heterocycles. The minimum absolute atomic E-state index is 0.369. The van der Waals surface area contributed by atoms with E-state index in [4.69, 9.17) is 0 Å². The maximum atomic E-state index is 12.6. The molecular weight excluding hydrogens is 863 g/mol. The van der Waals surface area contributed by atoms with Gasteiger partial charge in [-0.2, -0.15) is 0 Å². The molecule has 1 amide bonds. The zero-order valence-corrected chi connectivity index (χ0v) is 47.6. The van der Waals surface area contributed by atoms with Crippen LogP contribution in [0.3, 0.4) is 0 Å². The first-order chi connectivity index (χ1) is 34.5. The zero-order valence-electron chi connectivity index (χ0n) is 47.6. The predicted octanol–water partition coefficient (Wildman–Crippen LogP) is 19.2. The number of allylic oxidation sites excluding steroid dienone is 2. The average molecular weight is 991 g/mol. The topological polar surface area (TPSA) is 110 Å². The van der Waals surface area contributed by atoms with Gasteiger partial charge < -0.3 is 25.7 Å². The van der Waals surface area contributed by atoms with Crippen molar-refractivity contribution in [3.05, 3.63) is 12.2 Å². The van der Waals surface area contributed by atoms with Crippen LogP contribution in [0.4, 0.5) is 0 Å². The van der Waals surface area contributed by atoms with Crippen LogP contribution in [0.1, 0.15) is 361 Å². The van der Waals surface area contributed by atoms with Gasteiger partial charge in [-0.05, 0) is 38.5 Å². The van der Waals surface area contributed by atoms with Crippen molar-refractivity contribution in [2.45, 2.75) is 385 Å². The lowest BCUT2D eigenvalue weighted by Crippen LogP contribution is -2.53. The Hall–Kier alpha value is -0.950. The number of nitrogens with one attached hydrogen (secondary N) is 1. The number of carbonyl (C=O) groups is 1. The molecular formula is C64H127NO5. The molecule has 0 rings (SSSR count). The summed E-state index contributed by atoms with van der Waals surface area (Å²) in [5.41, 5.74) is 0. The molecule has 0 spiro atoms. The van der Waals surface area contributed by atoms with Gasteiger partial charge in [-0.3, -0.25) is 4.79 Å². The van der Waals surface area contributed by atoms with E-state index in [0.717, 1.165) is 38.5 Å². The Bertz CT molecular complexity index is 1020. The molecule has 0 aliphatic rings. The van der Waals surface area contributed by atoms with Crippen molar-refractivity contribution in [2.24, 2.45) is 0 Å². The number of amides is 1. The molecule has 0 aromatic rings. The smallest absolute Gasteiger partial charge is 0.249 e. The Balaban J connectivity index is 3.57. The van der Waals surface area contributed by atoms with E-state index in [1.54, 1.807) is 0 Å². The third kappa shape index (κ3) is 51.9. The van der Waals surface area contributed by atoms with E-state index >= 15 is 0 Å². The van der Waals surface area contributed by atoms with Gasteiger partial charge in [0.2, 0.25) is 5.91 Å². The fourth-order valence-electron chi connectivity index (χ4n) is 10.5. The van der Waals surface area contributed by atoms with Crippen LogP contribution in [0.5, 0.6) is 0 Å². The molecule has 6 nitrogen and oxygen atoms in total. The highest BCUT2D eigenvalue weighted by Crippen LogP contribution is 2.19. The van der Waals surface area contributed by atoms with Crippen molar-refractivity contribution in [3.8, 4) is 0 Å². The molecule has 0 saturated carbocycles. The van der Waals surface area contributed by atoms with Crippen LogP contribution in [-0.2, 0) is 4.79 Å². The third-order valence-electron chi connectivity index (χ3n) is 15.5. The Labute approximate surface area is 438 Å². The fraction of sp³-hybridized carbons (Fsp3) is 0.953. The van der Waals surface area contributed by atoms with E-state index in [1.807, 2.05) is 0 Å². The molecule has 0 bridgehead atoms. The highest BCUT2D eigenvalue weighted by Gasteiger charge is 2.28. The lowest BCUT2D eigenvalue weighted by molar-refractivity contribution is -0.132. The van der Waals surface area contributed by atoms with Gasteiger partial charge in [0.1, 0.15) is 12.2 Å². The van der Waals surface area contributed by atoms with E-state index < -0.39 is 36.9 Å². The summed E-state index contributed by atoms with van der Waals surface area (Å²) in [6.07, 6.45) is 71.8. The SMILES string of the molecule is CCCCCCCCCCCCCCCCCCCCCCCCCCCC/C=C/CCCC(O)C(O)C(CO)NC(=O)C(O)CCCCCCCCCCCCCCCCCCCCCCCCC. The summed E-state index contributed by atoms with van der Waals surface area (Å²) in [5.74, 6) is -0.585. The van der Waals surface area contributed by atoms with Crippen LogP contribution in [0, 0.1) is 0 Å². The third-order valence-corrected chi connectivity index (χ3v) is 15.5. The Morgan fingerprint density at radius 1 is 0.343 bits per heavy atom. The molecule has 4 atom stereocenters. The second-order valence-corrected chi connectivity index (χ2v) is 22.5. The Kier molecular flexibility index (Phi) is 58.1. The lowest BCUT2D eigenvalue weighted by Gasteiger charge is -2.27. The van der Waals surface area contributed by atoms with Crippen LogP contribution in [-0.4, -0.2) is 57.3 Å². The van der Waals surface area contributed by atoms with Gasteiger partial charge in [-0.25, -0.2) is 0 Å². The van der Waals surface area contributed by atoms with Gasteiger partial charge in [0.15, 0.2) is 0 Å². The molecule has 70 heavy (non-hydrogen) atoms. The second-order valence-electron chi connectivity index (χ2n) is 22.5. The van der Waals surface area contributed by atoms with Gasteiger partial charge in [0.05, 0.1) is 18.8 Å². The van der Waals surface area contributed by atoms with Crippen LogP contribution in [0.2, 0.25) is 0 Å². The average Bonchev–Trinajstić information content (AvgIpc) is 3.36. The zero-order chi connectivity index (χ0) is 50.9. The monoisotopic (exact) mass is 990 g/mol. The Morgan fingerprint density at radius 3 is 0.857 bits per heavy atom. The first-order valence-electron chi connectivity index (χ1n) is 32.1. The highest BCUT2D eigenvalue weighted by atomic mass is 16.3. The van der Waals surface area contributed by atoms with Crippen molar-refractivity contribution in [3.63, 3.8) is 0 Å². The number of rotatable bonds is 60. The minimum Gasteiger partial charge on any atom is -0.394 e. The van der Waals surface area contributed by atoms with E-state index in [0.29, 0.717) is 12.8 Å². The predicted molar refractivity (Wildman–Crippen MR) is 307 cm³/mol. The second kappa shape index (κ2) is 58.9. The summed E-state index contributed by atoms with van der Waals surface area (Å²) in [4.78, 5) is 12.6. The summed E-state index contributed by atoms with van der Waals surface area (Å²) >= 11 is 0. The number of carbonyl (C=O) groups excluding carboxylic acids is 1. The summed E-state index contributed by atoms with van der Waals surface area (Å²) < 4.78 is 0. The maximum Gasteiger partial charge on any atom is 0.249 e. The maximum absolute atomic E-state index is 12.6. The van der Waals surface area contributed by atoms with Gasteiger partial charge >= 0.3 is 0 Å². The number of unbranched alkanes of at least 4 members (excludes halogenated alkanes) is 49.